The highest BCUT2D eigenvalue weighted by atomic mass is 32.2. The molecule has 148 valence electrons. The Kier molecular flexibility index (Phi) is 7.97. The summed E-state index contributed by atoms with van der Waals surface area (Å²) < 4.78 is 16.1. The molecule has 27 heavy (non-hydrogen) atoms. The van der Waals surface area contributed by atoms with Crippen molar-refractivity contribution in [3.8, 4) is 23.0 Å². The van der Waals surface area contributed by atoms with Crippen LogP contribution in [0.15, 0.2) is 27.8 Å². The second-order valence-electron chi connectivity index (χ2n) is 6.70. The Morgan fingerprint density at radius 3 is 2.37 bits per heavy atom. The SMILES string of the molecule is COc1cc(OC)cc(-c2nnc(SCC(=O)N[C@@H](C)CCC(C)C)o2)c1. The van der Waals surface area contributed by atoms with Crippen molar-refractivity contribution in [2.24, 2.45) is 5.92 Å². The molecule has 0 saturated heterocycles. The molecule has 0 saturated carbocycles. The van der Waals surface area contributed by atoms with Crippen molar-refractivity contribution >= 4 is 17.7 Å². The number of benzene rings is 1. The molecule has 0 bridgehead atoms. The summed E-state index contributed by atoms with van der Waals surface area (Å²) in [6, 6.07) is 5.49. The first-order valence-corrected chi connectivity index (χ1v) is 9.89. The van der Waals surface area contributed by atoms with Crippen LogP contribution in [0.1, 0.15) is 33.6 Å². The first-order valence-electron chi connectivity index (χ1n) is 8.90. The topological polar surface area (TPSA) is 86.5 Å². The molecule has 1 aromatic heterocycles. The lowest BCUT2D eigenvalue weighted by Crippen LogP contribution is -2.34. The van der Waals surface area contributed by atoms with Gasteiger partial charge in [0, 0.05) is 17.7 Å². The molecular weight excluding hydrogens is 366 g/mol. The number of rotatable bonds is 10. The smallest absolute Gasteiger partial charge is 0.277 e. The predicted molar refractivity (Wildman–Crippen MR) is 105 cm³/mol. The third-order valence-corrected chi connectivity index (χ3v) is 4.73. The van der Waals surface area contributed by atoms with Gasteiger partial charge in [0.05, 0.1) is 20.0 Å². The quantitative estimate of drug-likeness (QED) is 0.615. The summed E-state index contributed by atoms with van der Waals surface area (Å²) in [5.41, 5.74) is 0.692. The predicted octanol–water partition coefficient (Wildman–Crippen LogP) is 3.79. The highest BCUT2D eigenvalue weighted by molar-refractivity contribution is 7.99. The van der Waals surface area contributed by atoms with Crippen molar-refractivity contribution in [1.29, 1.82) is 0 Å². The molecule has 0 fully saturated rings. The van der Waals surface area contributed by atoms with Crippen molar-refractivity contribution in [2.75, 3.05) is 20.0 Å². The van der Waals surface area contributed by atoms with Gasteiger partial charge in [0.25, 0.3) is 5.22 Å². The molecule has 0 aliphatic heterocycles. The monoisotopic (exact) mass is 393 g/mol. The van der Waals surface area contributed by atoms with Gasteiger partial charge < -0.3 is 19.2 Å². The van der Waals surface area contributed by atoms with Crippen molar-refractivity contribution in [3.63, 3.8) is 0 Å². The fourth-order valence-electron chi connectivity index (χ4n) is 2.41. The van der Waals surface area contributed by atoms with Crippen molar-refractivity contribution < 1.29 is 18.7 Å². The van der Waals surface area contributed by atoms with Crippen LogP contribution in [0.3, 0.4) is 0 Å². The van der Waals surface area contributed by atoms with Crippen LogP contribution in [0, 0.1) is 5.92 Å². The van der Waals surface area contributed by atoms with Gasteiger partial charge >= 0.3 is 0 Å². The number of ether oxygens (including phenoxy) is 2. The molecule has 0 aliphatic rings. The summed E-state index contributed by atoms with van der Waals surface area (Å²) in [7, 11) is 3.16. The van der Waals surface area contributed by atoms with E-state index in [4.69, 9.17) is 13.9 Å². The molecule has 7 nitrogen and oxygen atoms in total. The molecule has 1 aromatic carbocycles. The van der Waals surface area contributed by atoms with Crippen LogP contribution < -0.4 is 14.8 Å². The highest BCUT2D eigenvalue weighted by Gasteiger charge is 2.14. The maximum Gasteiger partial charge on any atom is 0.277 e. The number of nitrogens with zero attached hydrogens (tertiary/aromatic N) is 2. The van der Waals surface area contributed by atoms with E-state index in [1.165, 1.54) is 11.8 Å². The van der Waals surface area contributed by atoms with Crippen LogP contribution >= 0.6 is 11.8 Å². The second-order valence-corrected chi connectivity index (χ2v) is 7.63. The lowest BCUT2D eigenvalue weighted by Gasteiger charge is -2.14. The van der Waals surface area contributed by atoms with Gasteiger partial charge in [-0.05, 0) is 37.8 Å². The van der Waals surface area contributed by atoms with E-state index in [1.54, 1.807) is 32.4 Å². The Labute approximate surface area is 164 Å². The number of methoxy groups -OCH3 is 2. The zero-order chi connectivity index (χ0) is 19.8. The van der Waals surface area contributed by atoms with Crippen molar-refractivity contribution in [1.82, 2.24) is 15.5 Å². The molecule has 1 amide bonds. The van der Waals surface area contributed by atoms with Gasteiger partial charge in [0.1, 0.15) is 11.5 Å². The molecule has 0 radical (unpaired) electrons. The van der Waals surface area contributed by atoms with Gasteiger partial charge in [0.15, 0.2) is 0 Å². The van der Waals surface area contributed by atoms with Crippen LogP contribution in [0.2, 0.25) is 0 Å². The Morgan fingerprint density at radius 2 is 1.78 bits per heavy atom. The minimum Gasteiger partial charge on any atom is -0.497 e. The number of carbonyl (C=O) groups excluding carboxylic acids is 1. The summed E-state index contributed by atoms with van der Waals surface area (Å²) in [5, 5.41) is 11.4. The van der Waals surface area contributed by atoms with E-state index in [1.807, 2.05) is 6.92 Å². The number of carbonyl (C=O) groups is 1. The molecular formula is C19H27N3O4S. The molecule has 1 atom stereocenters. The first-order chi connectivity index (χ1) is 12.9. The summed E-state index contributed by atoms with van der Waals surface area (Å²) in [5.74, 6) is 2.43. The Bertz CT molecular complexity index is 726. The van der Waals surface area contributed by atoms with Crippen LogP contribution in [-0.2, 0) is 4.79 Å². The number of amides is 1. The third kappa shape index (κ3) is 6.78. The average Bonchev–Trinajstić information content (AvgIpc) is 3.13. The molecule has 2 aromatic rings. The van der Waals surface area contributed by atoms with E-state index in [0.717, 1.165) is 12.8 Å². The molecule has 0 spiro atoms. The normalized spacial score (nSPS) is 12.1. The molecule has 1 heterocycles. The highest BCUT2D eigenvalue weighted by Crippen LogP contribution is 2.30. The minimum absolute atomic E-state index is 0.0425. The fourth-order valence-corrected chi connectivity index (χ4v) is 2.99. The number of hydrogen-bond donors (Lipinski definition) is 1. The van der Waals surface area contributed by atoms with Gasteiger partial charge in [-0.1, -0.05) is 25.6 Å². The Balaban J connectivity index is 1.92. The van der Waals surface area contributed by atoms with Gasteiger partial charge in [0.2, 0.25) is 11.8 Å². The van der Waals surface area contributed by atoms with Gasteiger partial charge in [-0.15, -0.1) is 10.2 Å². The zero-order valence-corrected chi connectivity index (χ0v) is 17.3. The first kappa shape index (κ1) is 21.1. The van der Waals surface area contributed by atoms with Crippen molar-refractivity contribution in [2.45, 2.75) is 44.9 Å². The van der Waals surface area contributed by atoms with E-state index >= 15 is 0 Å². The van der Waals surface area contributed by atoms with Crippen LogP contribution in [0.25, 0.3) is 11.5 Å². The number of thioether (sulfide) groups is 1. The van der Waals surface area contributed by atoms with E-state index in [9.17, 15) is 4.79 Å². The Morgan fingerprint density at radius 1 is 1.11 bits per heavy atom. The molecule has 0 unspecified atom stereocenters. The fraction of sp³-hybridized carbons (Fsp3) is 0.526. The standard InChI is InChI=1S/C19H27N3O4S/c1-12(2)6-7-13(3)20-17(23)11-27-19-22-21-18(26-19)14-8-15(24-4)10-16(9-14)25-5/h8-10,12-13H,6-7,11H2,1-5H3,(H,20,23)/t13-/m0/s1. The van der Waals surface area contributed by atoms with Crippen molar-refractivity contribution in [3.05, 3.63) is 18.2 Å². The third-order valence-electron chi connectivity index (χ3n) is 3.92. The summed E-state index contributed by atoms with van der Waals surface area (Å²) in [6.45, 7) is 6.37. The summed E-state index contributed by atoms with van der Waals surface area (Å²) in [4.78, 5) is 12.1. The molecule has 0 aliphatic carbocycles. The summed E-state index contributed by atoms with van der Waals surface area (Å²) in [6.07, 6.45) is 2.06. The van der Waals surface area contributed by atoms with Gasteiger partial charge in [-0.25, -0.2) is 0 Å². The molecule has 2 rings (SSSR count). The van der Waals surface area contributed by atoms with E-state index in [2.05, 4.69) is 29.4 Å². The maximum atomic E-state index is 12.1. The van der Waals surface area contributed by atoms with E-state index in [0.29, 0.717) is 34.1 Å². The molecule has 8 heteroatoms. The lowest BCUT2D eigenvalue weighted by molar-refractivity contribution is -0.119. The zero-order valence-electron chi connectivity index (χ0n) is 16.4. The minimum atomic E-state index is -0.0425. The van der Waals surface area contributed by atoms with Crippen LogP contribution in [0.4, 0.5) is 0 Å². The average molecular weight is 394 g/mol. The molecule has 1 N–H and O–H groups in total. The van der Waals surface area contributed by atoms with Gasteiger partial charge in [-0.3, -0.25) is 4.79 Å². The number of hydrogen-bond acceptors (Lipinski definition) is 7. The number of aromatic nitrogens is 2. The largest absolute Gasteiger partial charge is 0.497 e. The lowest BCUT2D eigenvalue weighted by atomic mass is 10.0. The van der Waals surface area contributed by atoms with Gasteiger partial charge in [-0.2, -0.15) is 0 Å². The van der Waals surface area contributed by atoms with Crippen LogP contribution in [0.5, 0.6) is 11.5 Å². The van der Waals surface area contributed by atoms with E-state index < -0.39 is 0 Å². The second kappa shape index (κ2) is 10.2. The maximum absolute atomic E-state index is 12.1. The van der Waals surface area contributed by atoms with Crippen LogP contribution in [-0.4, -0.2) is 42.1 Å². The summed E-state index contributed by atoms with van der Waals surface area (Å²) >= 11 is 1.22. The number of nitrogens with one attached hydrogen (secondary N) is 1. The van der Waals surface area contributed by atoms with E-state index in [-0.39, 0.29) is 17.7 Å². The Hall–Kier alpha value is -2.22.